The van der Waals surface area contributed by atoms with Gasteiger partial charge in [0.1, 0.15) is 0 Å². The van der Waals surface area contributed by atoms with E-state index in [0.717, 1.165) is 37.7 Å². The van der Waals surface area contributed by atoms with E-state index in [-0.39, 0.29) is 16.6 Å². The molecule has 0 radical (unpaired) electrons. The second-order valence-corrected chi connectivity index (χ2v) is 9.27. The number of aliphatic hydroxyl groups excluding tert-OH is 1. The van der Waals surface area contributed by atoms with Gasteiger partial charge in [-0.05, 0) is 61.5 Å². The Balaban J connectivity index is 1.74. The molecular formula is C20H24Cl2O2. The zero-order valence-electron chi connectivity index (χ0n) is 14.2. The van der Waals surface area contributed by atoms with Gasteiger partial charge in [0.15, 0.2) is 5.78 Å². The maximum atomic E-state index is 12.0. The van der Waals surface area contributed by atoms with Gasteiger partial charge in [0.05, 0.1) is 11.1 Å². The highest BCUT2D eigenvalue weighted by atomic mass is 35.5. The van der Waals surface area contributed by atoms with E-state index in [1.54, 1.807) is 6.08 Å². The predicted molar refractivity (Wildman–Crippen MR) is 96.7 cm³/mol. The third kappa shape index (κ3) is 2.09. The summed E-state index contributed by atoms with van der Waals surface area (Å²) < 4.78 is 0. The highest BCUT2D eigenvalue weighted by molar-refractivity contribution is 6.45. The van der Waals surface area contributed by atoms with Crippen molar-refractivity contribution < 1.29 is 9.90 Å². The number of carbonyl (C=O) groups excluding carboxylic acids is 1. The maximum absolute atomic E-state index is 12.0. The van der Waals surface area contributed by atoms with E-state index in [0.29, 0.717) is 27.8 Å². The van der Waals surface area contributed by atoms with Crippen LogP contribution in [0, 0.1) is 28.6 Å². The largest absolute Gasteiger partial charge is 0.387 e. The summed E-state index contributed by atoms with van der Waals surface area (Å²) in [5.74, 6) is 1.41. The molecule has 0 aromatic carbocycles. The molecule has 24 heavy (non-hydrogen) atoms. The first kappa shape index (κ1) is 16.9. The molecule has 0 bridgehead atoms. The summed E-state index contributed by atoms with van der Waals surface area (Å²) >= 11 is 12.6. The summed E-state index contributed by atoms with van der Waals surface area (Å²) in [4.78, 5) is 12.0. The summed E-state index contributed by atoms with van der Waals surface area (Å²) in [6.07, 6.45) is 10.1. The average Bonchev–Trinajstić information content (AvgIpc) is 2.55. The molecule has 4 heteroatoms. The summed E-state index contributed by atoms with van der Waals surface area (Å²) in [5, 5.41) is 11.8. The number of ketones is 1. The van der Waals surface area contributed by atoms with Crippen molar-refractivity contribution in [2.75, 3.05) is 0 Å². The van der Waals surface area contributed by atoms with E-state index in [1.165, 1.54) is 0 Å². The summed E-state index contributed by atoms with van der Waals surface area (Å²) in [6.45, 7) is 4.45. The first-order valence-corrected chi connectivity index (χ1v) is 9.71. The van der Waals surface area contributed by atoms with Crippen LogP contribution in [0.2, 0.25) is 0 Å². The van der Waals surface area contributed by atoms with Crippen molar-refractivity contribution in [3.8, 4) is 0 Å². The molecule has 0 amide bonds. The lowest BCUT2D eigenvalue weighted by Crippen LogP contribution is -2.54. The lowest BCUT2D eigenvalue weighted by Gasteiger charge is -2.59. The summed E-state index contributed by atoms with van der Waals surface area (Å²) in [6, 6.07) is 0. The predicted octanol–water partition coefficient (Wildman–Crippen LogP) is 4.95. The molecule has 6 atom stereocenters. The number of carbonyl (C=O) groups is 1. The van der Waals surface area contributed by atoms with Crippen molar-refractivity contribution in [2.24, 2.45) is 28.6 Å². The Bertz CT molecular complexity index is 692. The van der Waals surface area contributed by atoms with Crippen molar-refractivity contribution >= 4 is 29.0 Å². The van der Waals surface area contributed by atoms with Gasteiger partial charge in [-0.2, -0.15) is 0 Å². The van der Waals surface area contributed by atoms with Gasteiger partial charge in [0.25, 0.3) is 0 Å². The van der Waals surface area contributed by atoms with E-state index in [4.69, 9.17) is 23.2 Å². The third-order valence-corrected chi connectivity index (χ3v) is 8.31. The fourth-order valence-electron chi connectivity index (χ4n) is 6.08. The van der Waals surface area contributed by atoms with Gasteiger partial charge in [-0.15, -0.1) is 0 Å². The summed E-state index contributed by atoms with van der Waals surface area (Å²) in [7, 11) is 0. The molecule has 2 saturated carbocycles. The standard InChI is InChI=1S/C20H24Cl2O2/c1-19-10-8-16(23)17(22)14(19)4-3-11-12-5-6-15(21)18(24)20(12,2)9-7-13(11)19/h6,8,10-13,18,24H,3-5,7,9H2,1-2H3/t11-,12-,13-,18?,19+,20-/m0/s1. The second-order valence-electron chi connectivity index (χ2n) is 8.46. The normalized spacial score (nSPS) is 47.7. The molecule has 4 rings (SSSR count). The molecule has 0 aliphatic heterocycles. The van der Waals surface area contributed by atoms with Crippen molar-refractivity contribution in [3.05, 3.63) is 33.9 Å². The van der Waals surface area contributed by atoms with E-state index in [1.807, 2.05) is 6.08 Å². The Hall–Kier alpha value is -0.570. The molecule has 2 nitrogen and oxygen atoms in total. The van der Waals surface area contributed by atoms with E-state index >= 15 is 0 Å². The van der Waals surface area contributed by atoms with Crippen LogP contribution >= 0.6 is 23.2 Å². The topological polar surface area (TPSA) is 37.3 Å². The lowest BCUT2D eigenvalue weighted by atomic mass is 9.46. The van der Waals surface area contributed by atoms with Gasteiger partial charge in [0.2, 0.25) is 0 Å². The number of allylic oxidation sites excluding steroid dienone is 5. The minimum atomic E-state index is -0.546. The Morgan fingerprint density at radius 1 is 1.21 bits per heavy atom. The maximum Gasteiger partial charge on any atom is 0.196 e. The van der Waals surface area contributed by atoms with Gasteiger partial charge in [-0.1, -0.05) is 49.2 Å². The number of rotatable bonds is 0. The van der Waals surface area contributed by atoms with Crippen LogP contribution in [0.3, 0.4) is 0 Å². The van der Waals surface area contributed by atoms with Crippen LogP contribution in [0.1, 0.15) is 46.0 Å². The average molecular weight is 367 g/mol. The van der Waals surface area contributed by atoms with Crippen molar-refractivity contribution in [1.82, 2.24) is 0 Å². The van der Waals surface area contributed by atoms with Crippen LogP contribution in [0.4, 0.5) is 0 Å². The number of fused-ring (bicyclic) bond motifs is 5. The Morgan fingerprint density at radius 3 is 2.71 bits per heavy atom. The molecule has 1 N–H and O–H groups in total. The van der Waals surface area contributed by atoms with Crippen molar-refractivity contribution in [2.45, 2.75) is 52.1 Å². The van der Waals surface area contributed by atoms with Gasteiger partial charge in [0, 0.05) is 15.9 Å². The summed E-state index contributed by atoms with van der Waals surface area (Å²) in [5.41, 5.74) is 0.875. The Kier molecular flexibility index (Phi) is 3.84. The molecule has 0 saturated heterocycles. The fraction of sp³-hybridized carbons (Fsp3) is 0.650. The zero-order chi connectivity index (χ0) is 17.3. The van der Waals surface area contributed by atoms with Gasteiger partial charge in [-0.25, -0.2) is 0 Å². The molecule has 0 spiro atoms. The monoisotopic (exact) mass is 366 g/mol. The molecule has 130 valence electrons. The number of halogens is 2. The van der Waals surface area contributed by atoms with Crippen LogP contribution in [0.15, 0.2) is 33.9 Å². The van der Waals surface area contributed by atoms with Gasteiger partial charge < -0.3 is 5.11 Å². The first-order valence-electron chi connectivity index (χ1n) is 8.95. The fourth-order valence-corrected chi connectivity index (χ4v) is 6.78. The SMILES string of the molecule is C[C@]12C=CC(=O)C(Cl)=C1CC[C@@H]1[C@@H]2CC[C@]2(C)C(O)C(Cl)=CC[C@@H]12. The Morgan fingerprint density at radius 2 is 1.96 bits per heavy atom. The highest BCUT2D eigenvalue weighted by Crippen LogP contribution is 2.64. The molecular weight excluding hydrogens is 343 g/mol. The molecule has 0 aromatic rings. The molecule has 4 aliphatic carbocycles. The number of hydrogen-bond donors (Lipinski definition) is 1. The molecule has 0 aromatic heterocycles. The second kappa shape index (κ2) is 5.46. The van der Waals surface area contributed by atoms with Crippen LogP contribution in [0.25, 0.3) is 0 Å². The number of aliphatic hydroxyl groups is 1. The Labute approximate surface area is 153 Å². The van der Waals surface area contributed by atoms with Crippen molar-refractivity contribution in [1.29, 1.82) is 0 Å². The first-order chi connectivity index (χ1) is 11.3. The minimum absolute atomic E-state index is 0.0500. The molecule has 4 aliphatic rings. The zero-order valence-corrected chi connectivity index (χ0v) is 15.7. The van der Waals surface area contributed by atoms with Crippen LogP contribution in [-0.4, -0.2) is 17.0 Å². The smallest absolute Gasteiger partial charge is 0.196 e. The quantitative estimate of drug-likeness (QED) is 0.658. The van der Waals surface area contributed by atoms with E-state index < -0.39 is 6.10 Å². The van der Waals surface area contributed by atoms with Crippen molar-refractivity contribution in [3.63, 3.8) is 0 Å². The number of hydrogen-bond acceptors (Lipinski definition) is 2. The lowest BCUT2D eigenvalue weighted by molar-refractivity contribution is -0.112. The molecule has 1 unspecified atom stereocenters. The minimum Gasteiger partial charge on any atom is -0.387 e. The third-order valence-electron chi connectivity index (χ3n) is 7.54. The van der Waals surface area contributed by atoms with Gasteiger partial charge in [-0.3, -0.25) is 4.79 Å². The van der Waals surface area contributed by atoms with E-state index in [2.05, 4.69) is 19.9 Å². The van der Waals surface area contributed by atoms with Crippen LogP contribution in [0.5, 0.6) is 0 Å². The van der Waals surface area contributed by atoms with Crippen LogP contribution < -0.4 is 0 Å². The van der Waals surface area contributed by atoms with Gasteiger partial charge >= 0.3 is 0 Å². The molecule has 2 fully saturated rings. The van der Waals surface area contributed by atoms with Crippen LogP contribution in [-0.2, 0) is 4.79 Å². The van der Waals surface area contributed by atoms with E-state index in [9.17, 15) is 9.90 Å². The highest BCUT2D eigenvalue weighted by Gasteiger charge is 2.57. The molecule has 0 heterocycles.